The molecule has 0 aliphatic heterocycles. The minimum absolute atomic E-state index is 0.174. The van der Waals surface area contributed by atoms with E-state index in [9.17, 15) is 4.79 Å². The molecule has 0 aliphatic carbocycles. The summed E-state index contributed by atoms with van der Waals surface area (Å²) in [5.74, 6) is -0.174. The maximum atomic E-state index is 10.4. The standard InChI is InChI=1S/C10H22NO2/c1-10(12)13-9-7-5-6-8-11(2,3)4/h5-9H2,1-4H3/q+1. The minimum Gasteiger partial charge on any atom is -0.466 e. The fourth-order valence-electron chi connectivity index (χ4n) is 1.08. The lowest BCUT2D eigenvalue weighted by molar-refractivity contribution is -0.870. The van der Waals surface area contributed by atoms with Crippen LogP contribution in [0.25, 0.3) is 0 Å². The van der Waals surface area contributed by atoms with Crippen molar-refractivity contribution >= 4 is 5.97 Å². The number of rotatable bonds is 6. The maximum Gasteiger partial charge on any atom is 0.302 e. The lowest BCUT2D eigenvalue weighted by Crippen LogP contribution is -2.35. The van der Waals surface area contributed by atoms with E-state index in [1.807, 2.05) is 0 Å². The Balaban J connectivity index is 3.13. The molecule has 0 bridgehead atoms. The van der Waals surface area contributed by atoms with E-state index in [1.54, 1.807) is 0 Å². The van der Waals surface area contributed by atoms with E-state index in [0.717, 1.165) is 17.3 Å². The SMILES string of the molecule is CC(=O)OCCCCC[N+](C)(C)C. The molecule has 0 aliphatic rings. The largest absolute Gasteiger partial charge is 0.466 e. The summed E-state index contributed by atoms with van der Waals surface area (Å²) in [4.78, 5) is 10.4. The lowest BCUT2D eigenvalue weighted by Gasteiger charge is -2.23. The van der Waals surface area contributed by atoms with Crippen molar-refractivity contribution in [2.75, 3.05) is 34.3 Å². The Hall–Kier alpha value is -0.570. The molecule has 0 saturated heterocycles. The van der Waals surface area contributed by atoms with Gasteiger partial charge in [-0.3, -0.25) is 4.79 Å². The number of ether oxygens (including phenoxy) is 1. The summed E-state index contributed by atoms with van der Waals surface area (Å²) in [6.07, 6.45) is 3.33. The van der Waals surface area contributed by atoms with Gasteiger partial charge in [0, 0.05) is 6.92 Å². The molecule has 0 unspecified atom stereocenters. The summed E-state index contributed by atoms with van der Waals surface area (Å²) < 4.78 is 5.84. The van der Waals surface area contributed by atoms with E-state index in [-0.39, 0.29) is 5.97 Å². The van der Waals surface area contributed by atoms with Gasteiger partial charge in [-0.25, -0.2) is 0 Å². The Morgan fingerprint density at radius 3 is 2.23 bits per heavy atom. The van der Waals surface area contributed by atoms with Crippen LogP contribution in [0.2, 0.25) is 0 Å². The molecule has 0 amide bonds. The van der Waals surface area contributed by atoms with Crippen LogP contribution in [-0.2, 0) is 9.53 Å². The van der Waals surface area contributed by atoms with Crippen LogP contribution in [0.4, 0.5) is 0 Å². The first-order valence-corrected chi connectivity index (χ1v) is 4.85. The van der Waals surface area contributed by atoms with Gasteiger partial charge in [-0.2, -0.15) is 0 Å². The third-order valence-electron chi connectivity index (χ3n) is 1.78. The fraction of sp³-hybridized carbons (Fsp3) is 0.900. The second-order valence-electron chi connectivity index (χ2n) is 4.41. The molecule has 0 atom stereocenters. The van der Waals surface area contributed by atoms with Crippen LogP contribution in [0.1, 0.15) is 26.2 Å². The Labute approximate surface area is 81.3 Å². The number of quaternary nitrogens is 1. The first-order valence-electron chi connectivity index (χ1n) is 4.85. The summed E-state index contributed by atoms with van der Waals surface area (Å²) in [6.45, 7) is 3.21. The van der Waals surface area contributed by atoms with Gasteiger partial charge in [-0.1, -0.05) is 0 Å². The van der Waals surface area contributed by atoms with Crippen molar-refractivity contribution in [1.82, 2.24) is 0 Å². The van der Waals surface area contributed by atoms with E-state index >= 15 is 0 Å². The molecule has 0 radical (unpaired) electrons. The van der Waals surface area contributed by atoms with Crippen molar-refractivity contribution in [3.63, 3.8) is 0 Å². The highest BCUT2D eigenvalue weighted by Crippen LogP contribution is 2.00. The van der Waals surface area contributed by atoms with Gasteiger partial charge in [0.1, 0.15) is 0 Å². The summed E-state index contributed by atoms with van der Waals surface area (Å²) in [7, 11) is 6.56. The topological polar surface area (TPSA) is 26.3 Å². The number of esters is 1. The Kier molecular flexibility index (Phi) is 5.71. The van der Waals surface area contributed by atoms with Crippen molar-refractivity contribution in [3.05, 3.63) is 0 Å². The molecule has 0 aromatic carbocycles. The van der Waals surface area contributed by atoms with Crippen molar-refractivity contribution in [3.8, 4) is 0 Å². The third-order valence-corrected chi connectivity index (χ3v) is 1.78. The smallest absolute Gasteiger partial charge is 0.302 e. The van der Waals surface area contributed by atoms with Crippen LogP contribution >= 0.6 is 0 Å². The zero-order valence-electron chi connectivity index (χ0n) is 9.30. The molecule has 3 nitrogen and oxygen atoms in total. The average Bonchev–Trinajstić information content (AvgIpc) is 1.93. The number of carbonyl (C=O) groups excluding carboxylic acids is 1. The molecule has 13 heavy (non-hydrogen) atoms. The van der Waals surface area contributed by atoms with Crippen molar-refractivity contribution < 1.29 is 14.0 Å². The zero-order valence-corrected chi connectivity index (χ0v) is 9.30. The molecule has 3 heteroatoms. The van der Waals surface area contributed by atoms with Crippen molar-refractivity contribution in [1.29, 1.82) is 0 Å². The summed E-state index contributed by atoms with van der Waals surface area (Å²) in [6, 6.07) is 0. The Morgan fingerprint density at radius 2 is 1.77 bits per heavy atom. The molecule has 0 fully saturated rings. The van der Waals surface area contributed by atoms with Gasteiger partial charge < -0.3 is 9.22 Å². The first kappa shape index (κ1) is 12.4. The molecular weight excluding hydrogens is 166 g/mol. The van der Waals surface area contributed by atoms with Gasteiger partial charge in [0.25, 0.3) is 0 Å². The first-order chi connectivity index (χ1) is 5.92. The molecule has 0 spiro atoms. The number of hydrogen-bond acceptors (Lipinski definition) is 2. The van der Waals surface area contributed by atoms with Crippen LogP contribution in [0.5, 0.6) is 0 Å². The van der Waals surface area contributed by atoms with Crippen LogP contribution in [0, 0.1) is 0 Å². The Bertz CT molecular complexity index is 149. The van der Waals surface area contributed by atoms with E-state index < -0.39 is 0 Å². The van der Waals surface area contributed by atoms with Gasteiger partial charge in [0.2, 0.25) is 0 Å². The van der Waals surface area contributed by atoms with Crippen LogP contribution in [-0.4, -0.2) is 44.7 Å². The number of nitrogens with zero attached hydrogens (tertiary/aromatic N) is 1. The second kappa shape index (κ2) is 5.97. The summed E-state index contributed by atoms with van der Waals surface area (Å²) >= 11 is 0. The summed E-state index contributed by atoms with van der Waals surface area (Å²) in [5.41, 5.74) is 0. The van der Waals surface area contributed by atoms with Crippen LogP contribution < -0.4 is 0 Å². The van der Waals surface area contributed by atoms with Gasteiger partial charge >= 0.3 is 5.97 Å². The van der Waals surface area contributed by atoms with E-state index in [0.29, 0.717) is 6.61 Å². The predicted octanol–water partition coefficient (Wildman–Crippen LogP) is 1.43. The lowest BCUT2D eigenvalue weighted by atomic mass is 10.2. The van der Waals surface area contributed by atoms with E-state index in [1.165, 1.54) is 19.9 Å². The zero-order chi connectivity index (χ0) is 10.3. The predicted molar refractivity (Wildman–Crippen MR) is 53.4 cm³/mol. The monoisotopic (exact) mass is 188 g/mol. The van der Waals surface area contributed by atoms with Crippen LogP contribution in [0.15, 0.2) is 0 Å². The second-order valence-corrected chi connectivity index (χ2v) is 4.41. The van der Waals surface area contributed by atoms with Gasteiger partial charge in [0.05, 0.1) is 34.3 Å². The highest BCUT2D eigenvalue weighted by atomic mass is 16.5. The van der Waals surface area contributed by atoms with Gasteiger partial charge in [0.15, 0.2) is 0 Å². The maximum absolute atomic E-state index is 10.4. The molecule has 0 aromatic heterocycles. The van der Waals surface area contributed by atoms with Gasteiger partial charge in [-0.15, -0.1) is 0 Å². The molecule has 0 rings (SSSR count). The number of hydrogen-bond donors (Lipinski definition) is 0. The van der Waals surface area contributed by atoms with Crippen molar-refractivity contribution in [2.24, 2.45) is 0 Å². The highest BCUT2D eigenvalue weighted by molar-refractivity contribution is 5.65. The molecule has 0 aromatic rings. The number of carbonyl (C=O) groups is 1. The van der Waals surface area contributed by atoms with E-state index in [2.05, 4.69) is 21.1 Å². The summed E-state index contributed by atoms with van der Waals surface area (Å²) in [5, 5.41) is 0. The Morgan fingerprint density at radius 1 is 1.15 bits per heavy atom. The van der Waals surface area contributed by atoms with Crippen molar-refractivity contribution in [2.45, 2.75) is 26.2 Å². The number of unbranched alkanes of at least 4 members (excludes halogenated alkanes) is 2. The molecule has 0 heterocycles. The van der Waals surface area contributed by atoms with Gasteiger partial charge in [-0.05, 0) is 19.3 Å². The highest BCUT2D eigenvalue weighted by Gasteiger charge is 2.05. The third kappa shape index (κ3) is 11.4. The van der Waals surface area contributed by atoms with E-state index in [4.69, 9.17) is 4.74 Å². The molecule has 0 N–H and O–H groups in total. The quantitative estimate of drug-likeness (QED) is 0.358. The fourth-order valence-corrected chi connectivity index (χ4v) is 1.08. The molecule has 0 saturated carbocycles. The normalized spacial score (nSPS) is 11.4. The van der Waals surface area contributed by atoms with Crippen LogP contribution in [0.3, 0.4) is 0 Å². The minimum atomic E-state index is -0.174. The molecular formula is C10H22NO2+. The molecule has 78 valence electrons. The average molecular weight is 188 g/mol.